The molecule has 28 heavy (non-hydrogen) atoms. The van der Waals surface area contributed by atoms with Crippen molar-refractivity contribution in [2.45, 2.75) is 53.4 Å². The van der Waals surface area contributed by atoms with Crippen molar-refractivity contribution >= 4 is 5.70 Å². The molecule has 0 fully saturated rings. The lowest BCUT2D eigenvalue weighted by Gasteiger charge is -2.36. The van der Waals surface area contributed by atoms with E-state index in [9.17, 15) is 0 Å². The van der Waals surface area contributed by atoms with Gasteiger partial charge in [0.05, 0.1) is 0 Å². The fourth-order valence-corrected chi connectivity index (χ4v) is 4.43. The van der Waals surface area contributed by atoms with Gasteiger partial charge in [-0.05, 0) is 97.9 Å². The van der Waals surface area contributed by atoms with E-state index >= 15 is 0 Å². The quantitative estimate of drug-likeness (QED) is 0.503. The van der Waals surface area contributed by atoms with E-state index in [1.165, 1.54) is 33.5 Å². The molecule has 0 saturated heterocycles. The Kier molecular flexibility index (Phi) is 6.13. The van der Waals surface area contributed by atoms with Crippen LogP contribution in [0.1, 0.15) is 55.9 Å². The number of nitrogens with two attached hydrogens (primary N) is 1. The van der Waals surface area contributed by atoms with E-state index in [-0.39, 0.29) is 0 Å². The number of hydrogen-bond donors (Lipinski definition) is 2. The monoisotopic (exact) mass is 374 g/mol. The first kappa shape index (κ1) is 20.5. The highest BCUT2D eigenvalue weighted by Crippen LogP contribution is 2.43. The zero-order valence-electron chi connectivity index (χ0n) is 17.9. The minimum atomic E-state index is 0.496. The smallest absolute Gasteiger partial charge is 0.0496 e. The highest BCUT2D eigenvalue weighted by atomic mass is 14.9. The summed E-state index contributed by atoms with van der Waals surface area (Å²) in [7, 11) is 0. The number of hydrogen-bond acceptors (Lipinski definition) is 2. The zero-order chi connectivity index (χ0) is 20.4. The number of nitrogens with one attached hydrogen (secondary N) is 1. The van der Waals surface area contributed by atoms with Gasteiger partial charge in [0.25, 0.3) is 0 Å². The molecule has 1 aliphatic heterocycles. The van der Waals surface area contributed by atoms with Crippen LogP contribution in [0.15, 0.2) is 59.5 Å². The van der Waals surface area contributed by atoms with Crippen LogP contribution in [0.3, 0.4) is 0 Å². The van der Waals surface area contributed by atoms with Crippen LogP contribution in [0, 0.1) is 18.8 Å². The Morgan fingerprint density at radius 1 is 1.32 bits per heavy atom. The standard InChI is InChI=1S/C26H34N2/c1-7-17(4)23-15-25-22(16(2)3)14-21-13-20(10-8-9-11-27)18(5)12-24(21)26(25)28-19(23)6/h12-13,15-16,22,28H,1,6,8-11,14,27H2,2-5H3. The molecule has 0 amide bonds. The summed E-state index contributed by atoms with van der Waals surface area (Å²) in [5, 5.41) is 3.64. The molecule has 148 valence electrons. The molecule has 3 rings (SSSR count). The molecule has 2 aliphatic rings. The molecule has 3 N–H and O–H groups in total. The average Bonchev–Trinajstić information content (AvgIpc) is 2.67. The predicted molar refractivity (Wildman–Crippen MR) is 121 cm³/mol. The highest BCUT2D eigenvalue weighted by Gasteiger charge is 2.32. The maximum absolute atomic E-state index is 5.68. The number of allylic oxidation sites excluding steroid dienone is 3. The van der Waals surface area contributed by atoms with Crippen LogP contribution in [0.5, 0.6) is 0 Å². The van der Waals surface area contributed by atoms with Crippen LogP contribution < -0.4 is 11.1 Å². The van der Waals surface area contributed by atoms with Crippen LogP contribution in [0.4, 0.5) is 0 Å². The van der Waals surface area contributed by atoms with Crippen molar-refractivity contribution in [2.24, 2.45) is 17.6 Å². The summed E-state index contributed by atoms with van der Waals surface area (Å²) in [5.41, 5.74) is 20.1. The Balaban J connectivity index is 2.11. The molecule has 0 radical (unpaired) electrons. The number of benzene rings is 1. The highest BCUT2D eigenvalue weighted by molar-refractivity contribution is 5.80. The van der Waals surface area contributed by atoms with Gasteiger partial charge in [0.2, 0.25) is 0 Å². The van der Waals surface area contributed by atoms with Gasteiger partial charge in [-0.2, -0.15) is 0 Å². The van der Waals surface area contributed by atoms with Gasteiger partial charge in [-0.15, -0.1) is 5.73 Å². The molecule has 1 aliphatic carbocycles. The predicted octanol–water partition coefficient (Wildman–Crippen LogP) is 5.59. The van der Waals surface area contributed by atoms with Crippen molar-refractivity contribution in [3.05, 3.63) is 81.8 Å². The van der Waals surface area contributed by atoms with Gasteiger partial charge >= 0.3 is 0 Å². The summed E-state index contributed by atoms with van der Waals surface area (Å²) in [6.07, 6.45) is 6.77. The Bertz CT molecular complexity index is 905. The number of aryl methyl sites for hydroxylation is 2. The molecule has 0 saturated carbocycles. The summed E-state index contributed by atoms with van der Waals surface area (Å²) in [6, 6.07) is 4.81. The van der Waals surface area contributed by atoms with Crippen molar-refractivity contribution in [2.75, 3.05) is 6.54 Å². The lowest BCUT2D eigenvalue weighted by Crippen LogP contribution is -2.29. The van der Waals surface area contributed by atoms with Gasteiger partial charge in [0.15, 0.2) is 0 Å². The third-order valence-electron chi connectivity index (χ3n) is 6.23. The van der Waals surface area contributed by atoms with Crippen molar-refractivity contribution in [3.8, 4) is 0 Å². The Labute approximate surface area is 170 Å². The van der Waals surface area contributed by atoms with Gasteiger partial charge in [-0.3, -0.25) is 0 Å². The number of dihydropyridines is 1. The van der Waals surface area contributed by atoms with E-state index in [1.54, 1.807) is 0 Å². The molecule has 0 spiro atoms. The largest absolute Gasteiger partial charge is 0.355 e. The van der Waals surface area contributed by atoms with Gasteiger partial charge in [-0.1, -0.05) is 33.1 Å². The molecule has 1 atom stereocenters. The number of unbranched alkanes of at least 4 members (excludes halogenated alkanes) is 1. The van der Waals surface area contributed by atoms with Gasteiger partial charge < -0.3 is 11.1 Å². The summed E-state index contributed by atoms with van der Waals surface area (Å²) in [4.78, 5) is 0. The zero-order valence-corrected chi connectivity index (χ0v) is 17.9. The van der Waals surface area contributed by atoms with E-state index < -0.39 is 0 Å². The van der Waals surface area contributed by atoms with E-state index in [1.807, 2.05) is 0 Å². The number of fused-ring (bicyclic) bond motifs is 2. The van der Waals surface area contributed by atoms with Crippen LogP contribution in [-0.4, -0.2) is 6.54 Å². The van der Waals surface area contributed by atoms with Crippen molar-refractivity contribution in [3.63, 3.8) is 0 Å². The molecule has 0 aromatic heterocycles. The Morgan fingerprint density at radius 2 is 2.07 bits per heavy atom. The van der Waals surface area contributed by atoms with Crippen LogP contribution in [-0.2, 0) is 12.8 Å². The van der Waals surface area contributed by atoms with E-state index in [4.69, 9.17) is 5.73 Å². The minimum Gasteiger partial charge on any atom is -0.355 e. The van der Waals surface area contributed by atoms with Gasteiger partial charge in [0.1, 0.15) is 0 Å². The Hall–Kier alpha value is -2.28. The topological polar surface area (TPSA) is 38.0 Å². The fourth-order valence-electron chi connectivity index (χ4n) is 4.43. The summed E-state index contributed by atoms with van der Waals surface area (Å²) < 4.78 is 0. The second-order valence-corrected chi connectivity index (χ2v) is 8.53. The van der Waals surface area contributed by atoms with Gasteiger partial charge in [0, 0.05) is 22.5 Å². The average molecular weight is 375 g/mol. The minimum absolute atomic E-state index is 0.496. The third-order valence-corrected chi connectivity index (χ3v) is 6.23. The molecule has 0 bridgehead atoms. The lowest BCUT2D eigenvalue weighted by atomic mass is 9.73. The van der Waals surface area contributed by atoms with Gasteiger partial charge in [-0.25, -0.2) is 0 Å². The third kappa shape index (κ3) is 3.81. The maximum atomic E-state index is 5.68. The van der Waals surface area contributed by atoms with E-state index in [2.05, 4.69) is 70.1 Å². The Morgan fingerprint density at radius 3 is 2.71 bits per heavy atom. The van der Waals surface area contributed by atoms with Crippen molar-refractivity contribution in [1.29, 1.82) is 0 Å². The molecule has 1 aromatic carbocycles. The normalized spacial score (nSPS) is 18.3. The first-order chi connectivity index (χ1) is 13.4. The van der Waals surface area contributed by atoms with Crippen LogP contribution in [0.25, 0.3) is 5.70 Å². The SMILES string of the molecule is C=C=C(C)C1=CC2=C(NC1=C)c1cc(C)c(CCCCN)cc1CC2C(C)C. The van der Waals surface area contributed by atoms with Crippen molar-refractivity contribution in [1.82, 2.24) is 5.32 Å². The molecule has 2 nitrogen and oxygen atoms in total. The summed E-state index contributed by atoms with van der Waals surface area (Å²) in [5.74, 6) is 1.06. The maximum Gasteiger partial charge on any atom is 0.0496 e. The molecular weight excluding hydrogens is 340 g/mol. The first-order valence-electron chi connectivity index (χ1n) is 10.5. The molecular formula is C26H34N2. The summed E-state index contributed by atoms with van der Waals surface area (Å²) in [6.45, 7) is 17.8. The second-order valence-electron chi connectivity index (χ2n) is 8.53. The number of rotatable bonds is 6. The first-order valence-corrected chi connectivity index (χ1v) is 10.5. The molecule has 1 unspecified atom stereocenters. The summed E-state index contributed by atoms with van der Waals surface area (Å²) >= 11 is 0. The van der Waals surface area contributed by atoms with Crippen molar-refractivity contribution < 1.29 is 0 Å². The fraction of sp³-hybridized carbons (Fsp3) is 0.423. The molecule has 2 heteroatoms. The van der Waals surface area contributed by atoms with E-state index in [0.717, 1.165) is 49.1 Å². The second kappa shape index (κ2) is 8.39. The lowest BCUT2D eigenvalue weighted by molar-refractivity contribution is 0.441. The molecule has 1 heterocycles. The van der Waals surface area contributed by atoms with Crippen LogP contribution >= 0.6 is 0 Å². The van der Waals surface area contributed by atoms with E-state index in [0.29, 0.717) is 11.8 Å². The molecule has 1 aromatic rings. The van der Waals surface area contributed by atoms with Crippen LogP contribution in [0.2, 0.25) is 0 Å².